The summed E-state index contributed by atoms with van der Waals surface area (Å²) in [7, 11) is 3.10. The Balaban J connectivity index is 1.69. The van der Waals surface area contributed by atoms with Gasteiger partial charge in [-0.2, -0.15) is 0 Å². The van der Waals surface area contributed by atoms with Gasteiger partial charge >= 0.3 is 0 Å². The van der Waals surface area contributed by atoms with Gasteiger partial charge in [-0.05, 0) is 35.9 Å². The van der Waals surface area contributed by atoms with Gasteiger partial charge in [0.2, 0.25) is 0 Å². The first kappa shape index (κ1) is 19.1. The Labute approximate surface area is 168 Å². The first-order chi connectivity index (χ1) is 14.0. The molecule has 0 saturated heterocycles. The number of aromatic nitrogens is 1. The molecular weight excluding hydrogens is 400 g/mol. The Kier molecular flexibility index (Phi) is 5.06. The minimum Gasteiger partial charge on any atom is -0.493 e. The molecule has 150 valence electrons. The molecule has 0 saturated carbocycles. The van der Waals surface area contributed by atoms with Gasteiger partial charge < -0.3 is 14.4 Å². The van der Waals surface area contributed by atoms with E-state index in [1.54, 1.807) is 37.3 Å². The van der Waals surface area contributed by atoms with Crippen LogP contribution in [0, 0.1) is 11.6 Å². The largest absolute Gasteiger partial charge is 0.493 e. The number of anilines is 1. The van der Waals surface area contributed by atoms with Gasteiger partial charge in [-0.15, -0.1) is 0 Å². The Morgan fingerprint density at radius 1 is 1.07 bits per heavy atom. The summed E-state index contributed by atoms with van der Waals surface area (Å²) in [5, 5.41) is 0. The van der Waals surface area contributed by atoms with Crippen molar-refractivity contribution in [3.63, 3.8) is 0 Å². The lowest BCUT2D eigenvalue weighted by Gasteiger charge is -2.25. The summed E-state index contributed by atoms with van der Waals surface area (Å²) in [5.41, 5.74) is 1.05. The quantitative estimate of drug-likeness (QED) is 0.653. The molecule has 0 bridgehead atoms. The van der Waals surface area contributed by atoms with E-state index in [0.29, 0.717) is 26.5 Å². The van der Waals surface area contributed by atoms with Crippen LogP contribution in [-0.2, 0) is 6.67 Å². The van der Waals surface area contributed by atoms with Crippen LogP contribution in [0.1, 0.15) is 5.56 Å². The molecule has 2 heterocycles. The van der Waals surface area contributed by atoms with Gasteiger partial charge in [0.05, 0.1) is 18.8 Å². The van der Waals surface area contributed by atoms with Crippen LogP contribution in [0.15, 0.2) is 46.2 Å². The Morgan fingerprint density at radius 3 is 2.59 bits per heavy atom. The third kappa shape index (κ3) is 3.61. The van der Waals surface area contributed by atoms with Crippen LogP contribution in [0.25, 0.3) is 6.08 Å². The molecule has 0 spiro atoms. The highest BCUT2D eigenvalue weighted by Gasteiger charge is 2.17. The van der Waals surface area contributed by atoms with E-state index in [-0.39, 0.29) is 18.9 Å². The maximum absolute atomic E-state index is 13.5. The van der Waals surface area contributed by atoms with Gasteiger partial charge in [0.15, 0.2) is 27.9 Å². The maximum Gasteiger partial charge on any atom is 0.271 e. The van der Waals surface area contributed by atoms with Gasteiger partial charge in [0.1, 0.15) is 13.3 Å². The number of hydrogen-bond donors (Lipinski definition) is 0. The number of methoxy groups -OCH3 is 2. The zero-order valence-electron chi connectivity index (χ0n) is 15.7. The van der Waals surface area contributed by atoms with Crippen LogP contribution in [0.2, 0.25) is 0 Å². The third-order valence-corrected chi connectivity index (χ3v) is 5.60. The molecule has 9 heteroatoms. The SMILES string of the molecule is COc1ccc(/C=c2\sc3n(c2=O)CN(c2ccc(F)c(F)c2)CN=3)cc1OC. The molecule has 0 fully saturated rings. The number of rotatable bonds is 4. The van der Waals surface area contributed by atoms with Gasteiger partial charge in [0.25, 0.3) is 5.56 Å². The Bertz CT molecular complexity index is 1250. The van der Waals surface area contributed by atoms with Gasteiger partial charge in [-0.1, -0.05) is 17.4 Å². The highest BCUT2D eigenvalue weighted by atomic mass is 32.1. The zero-order chi connectivity index (χ0) is 20.5. The highest BCUT2D eigenvalue weighted by Crippen LogP contribution is 2.27. The van der Waals surface area contributed by atoms with E-state index in [9.17, 15) is 13.6 Å². The summed E-state index contributed by atoms with van der Waals surface area (Å²) in [6, 6.07) is 9.01. The molecule has 0 aliphatic carbocycles. The lowest BCUT2D eigenvalue weighted by atomic mass is 10.2. The van der Waals surface area contributed by atoms with E-state index >= 15 is 0 Å². The van der Waals surface area contributed by atoms with Crippen LogP contribution >= 0.6 is 11.3 Å². The van der Waals surface area contributed by atoms with E-state index in [2.05, 4.69) is 4.99 Å². The molecular formula is C20H17F2N3O3S. The molecule has 6 nitrogen and oxygen atoms in total. The topological polar surface area (TPSA) is 56.1 Å². The van der Waals surface area contributed by atoms with E-state index in [1.807, 2.05) is 6.07 Å². The van der Waals surface area contributed by atoms with E-state index in [4.69, 9.17) is 9.47 Å². The van der Waals surface area contributed by atoms with Crippen LogP contribution < -0.4 is 29.3 Å². The van der Waals surface area contributed by atoms with Crippen molar-refractivity contribution in [3.8, 4) is 11.5 Å². The number of nitrogens with zero attached hydrogens (tertiary/aromatic N) is 3. The second kappa shape index (κ2) is 7.67. The minimum atomic E-state index is -0.937. The standard InChI is InChI=1S/C20H17F2N3O3S/c1-27-16-6-3-12(7-17(16)28-2)8-18-19(26)25-11-24(10-23-20(25)29-18)13-4-5-14(21)15(22)9-13/h3-9H,10-11H2,1-2H3/b18-8-. The summed E-state index contributed by atoms with van der Waals surface area (Å²) in [6.07, 6.45) is 1.76. The highest BCUT2D eigenvalue weighted by molar-refractivity contribution is 7.07. The smallest absolute Gasteiger partial charge is 0.271 e. The number of benzene rings is 2. The van der Waals surface area contributed by atoms with Crippen molar-refractivity contribution in [1.29, 1.82) is 0 Å². The third-order valence-electron chi connectivity index (χ3n) is 4.55. The molecule has 1 aromatic heterocycles. The molecule has 3 aromatic rings. The average molecular weight is 417 g/mol. The normalized spacial score (nSPS) is 13.8. The second-order valence-corrected chi connectivity index (χ2v) is 7.33. The van der Waals surface area contributed by atoms with Gasteiger partial charge in [-0.25, -0.2) is 13.8 Å². The number of hydrogen-bond acceptors (Lipinski definition) is 6. The van der Waals surface area contributed by atoms with E-state index in [0.717, 1.165) is 17.7 Å². The molecule has 0 unspecified atom stereocenters. The van der Waals surface area contributed by atoms with Crippen molar-refractivity contribution in [2.24, 2.45) is 4.99 Å². The lowest BCUT2D eigenvalue weighted by Crippen LogP contribution is -2.42. The molecule has 29 heavy (non-hydrogen) atoms. The molecule has 4 rings (SSSR count). The van der Waals surface area contributed by atoms with Crippen molar-refractivity contribution in [2.45, 2.75) is 6.67 Å². The molecule has 0 N–H and O–H groups in total. The van der Waals surface area contributed by atoms with Crippen molar-refractivity contribution in [1.82, 2.24) is 4.57 Å². The zero-order valence-corrected chi connectivity index (χ0v) is 16.5. The molecule has 2 aromatic carbocycles. The number of halogens is 2. The van der Waals surface area contributed by atoms with E-state index in [1.165, 1.54) is 22.0 Å². The van der Waals surface area contributed by atoms with Crippen molar-refractivity contribution in [3.05, 3.63) is 73.3 Å². The molecule has 1 aliphatic heterocycles. The van der Waals surface area contributed by atoms with Crippen LogP contribution in [0.4, 0.5) is 14.5 Å². The minimum absolute atomic E-state index is 0.198. The molecule has 0 atom stereocenters. The summed E-state index contributed by atoms with van der Waals surface area (Å²) in [6.45, 7) is 0.458. The number of thiazole rings is 1. The maximum atomic E-state index is 13.5. The average Bonchev–Trinajstić information content (AvgIpc) is 3.04. The first-order valence-electron chi connectivity index (χ1n) is 8.68. The molecule has 0 amide bonds. The van der Waals surface area contributed by atoms with Crippen molar-refractivity contribution < 1.29 is 18.3 Å². The van der Waals surface area contributed by atoms with E-state index < -0.39 is 11.6 Å². The van der Waals surface area contributed by atoms with Gasteiger partial charge in [-0.3, -0.25) is 9.36 Å². The summed E-state index contributed by atoms with van der Waals surface area (Å²) < 4.78 is 39.3. The van der Waals surface area contributed by atoms with Crippen LogP contribution in [-0.4, -0.2) is 25.5 Å². The number of fused-ring (bicyclic) bond motifs is 1. The molecule has 1 aliphatic rings. The summed E-state index contributed by atoms with van der Waals surface area (Å²) in [4.78, 5) is 19.6. The predicted octanol–water partition coefficient (Wildman–Crippen LogP) is 2.09. The fraction of sp³-hybridized carbons (Fsp3) is 0.200. The van der Waals surface area contributed by atoms with Crippen LogP contribution in [0.3, 0.4) is 0 Å². The number of ether oxygens (including phenoxy) is 2. The second-order valence-electron chi connectivity index (χ2n) is 6.32. The van der Waals surface area contributed by atoms with Crippen LogP contribution in [0.5, 0.6) is 11.5 Å². The fourth-order valence-electron chi connectivity index (χ4n) is 3.05. The summed E-state index contributed by atoms with van der Waals surface area (Å²) in [5.74, 6) is -0.683. The Morgan fingerprint density at radius 2 is 1.86 bits per heavy atom. The van der Waals surface area contributed by atoms with Gasteiger partial charge in [0, 0.05) is 11.8 Å². The Hall–Kier alpha value is -3.20. The lowest BCUT2D eigenvalue weighted by molar-refractivity contribution is 0.355. The van der Waals surface area contributed by atoms with Crippen molar-refractivity contribution in [2.75, 3.05) is 25.8 Å². The van der Waals surface area contributed by atoms with Crippen molar-refractivity contribution >= 4 is 23.1 Å². The predicted molar refractivity (Wildman–Crippen MR) is 106 cm³/mol. The first-order valence-corrected chi connectivity index (χ1v) is 9.49. The molecule has 0 radical (unpaired) electrons. The fourth-order valence-corrected chi connectivity index (χ4v) is 4.01. The monoisotopic (exact) mass is 417 g/mol. The summed E-state index contributed by atoms with van der Waals surface area (Å²) >= 11 is 1.28.